The van der Waals surface area contributed by atoms with Crippen molar-refractivity contribution < 1.29 is 4.79 Å². The number of carbonyl (C=O) groups excluding carboxylic acids is 1. The summed E-state index contributed by atoms with van der Waals surface area (Å²) in [6.45, 7) is 1.49. The number of hydrogen-bond donors (Lipinski definition) is 1. The number of nitrogens with two attached hydrogens (primary N) is 1. The second-order valence-corrected chi connectivity index (χ2v) is 4.62. The van der Waals surface area contributed by atoms with Gasteiger partial charge in [-0.2, -0.15) is 0 Å². The number of nitrogens with zero attached hydrogens (tertiary/aromatic N) is 2. The maximum absolute atomic E-state index is 10.8. The summed E-state index contributed by atoms with van der Waals surface area (Å²) in [4.78, 5) is 17.1. The number of aliphatic imine (C=N–C) groups is 1. The smallest absolute Gasteiger partial charge is 0.210 e. The summed E-state index contributed by atoms with van der Waals surface area (Å²) in [5.41, 5.74) is 7.58. The molecular weight excluding hydrogens is 238 g/mol. The molecule has 1 aromatic rings. The molecule has 1 aliphatic rings. The number of amides is 1. The Morgan fingerprint density at radius 2 is 2.21 bits per heavy atom. The topological polar surface area (TPSA) is 58.7 Å². The van der Waals surface area contributed by atoms with Crippen LogP contribution in [0.5, 0.6) is 0 Å². The van der Waals surface area contributed by atoms with E-state index in [1.165, 1.54) is 0 Å². The monoisotopic (exact) mass is 257 g/mol. The molecule has 0 radical (unpaired) electrons. The van der Waals surface area contributed by atoms with Gasteiger partial charge in [0.25, 0.3) is 0 Å². The molecule has 19 heavy (non-hydrogen) atoms. The highest BCUT2D eigenvalue weighted by molar-refractivity contribution is 6.09. The summed E-state index contributed by atoms with van der Waals surface area (Å²) in [6.07, 6.45) is 6.37. The normalized spacial score (nSPS) is 20.1. The second-order valence-electron chi connectivity index (χ2n) is 4.62. The highest BCUT2D eigenvalue weighted by Crippen LogP contribution is 2.16. The van der Waals surface area contributed by atoms with Crippen molar-refractivity contribution in [2.75, 3.05) is 13.1 Å². The number of allylic oxidation sites excluding steroid dienone is 1. The van der Waals surface area contributed by atoms with Gasteiger partial charge >= 0.3 is 0 Å². The maximum Gasteiger partial charge on any atom is 0.210 e. The van der Waals surface area contributed by atoms with Crippen LogP contribution in [0.3, 0.4) is 0 Å². The van der Waals surface area contributed by atoms with Gasteiger partial charge in [-0.25, -0.2) is 0 Å². The molecule has 0 saturated carbocycles. The fraction of sp³-hybridized carbons (Fsp3) is 0.333. The lowest BCUT2D eigenvalue weighted by Crippen LogP contribution is -2.30. The molecule has 2 rings (SSSR count). The molecule has 0 aromatic heterocycles. The van der Waals surface area contributed by atoms with Crippen LogP contribution in [0.15, 0.2) is 41.5 Å². The highest BCUT2D eigenvalue weighted by atomic mass is 16.1. The van der Waals surface area contributed by atoms with Crippen LogP contribution in [0.4, 0.5) is 0 Å². The lowest BCUT2D eigenvalue weighted by molar-refractivity contribution is -0.118. The van der Waals surface area contributed by atoms with Crippen LogP contribution in [-0.4, -0.2) is 36.7 Å². The Labute approximate surface area is 113 Å². The minimum absolute atomic E-state index is 0.239. The molecule has 0 spiro atoms. The van der Waals surface area contributed by atoms with E-state index in [1.807, 2.05) is 35.2 Å². The molecule has 1 aromatic carbocycles. The predicted molar refractivity (Wildman–Crippen MR) is 77.8 cm³/mol. The molecule has 0 unspecified atom stereocenters. The molecule has 1 atom stereocenters. The first kappa shape index (κ1) is 13.3. The minimum Gasteiger partial charge on any atom is -0.404 e. The Hall–Kier alpha value is -2.10. The van der Waals surface area contributed by atoms with Gasteiger partial charge in [-0.15, -0.1) is 0 Å². The Bertz CT molecular complexity index is 468. The number of hydrogen-bond acceptors (Lipinski definition) is 3. The molecule has 1 amide bonds. The lowest BCUT2D eigenvalue weighted by atomic mass is 10.1. The van der Waals surface area contributed by atoms with Crippen molar-refractivity contribution in [1.82, 2.24) is 4.90 Å². The van der Waals surface area contributed by atoms with Gasteiger partial charge in [-0.05, 0) is 18.4 Å². The zero-order valence-corrected chi connectivity index (χ0v) is 10.9. The van der Waals surface area contributed by atoms with E-state index >= 15 is 0 Å². The molecule has 1 fully saturated rings. The molecule has 4 nitrogen and oxygen atoms in total. The maximum atomic E-state index is 10.8. The van der Waals surface area contributed by atoms with Crippen molar-refractivity contribution in [3.05, 3.63) is 42.1 Å². The average Bonchev–Trinajstić information content (AvgIpc) is 2.92. The number of rotatable bonds is 5. The zero-order chi connectivity index (χ0) is 13.5. The Morgan fingerprint density at radius 3 is 2.89 bits per heavy atom. The first-order valence-corrected chi connectivity index (χ1v) is 6.53. The Kier molecular flexibility index (Phi) is 4.72. The lowest BCUT2D eigenvalue weighted by Gasteiger charge is -2.17. The van der Waals surface area contributed by atoms with Gasteiger partial charge in [-0.3, -0.25) is 9.79 Å². The van der Waals surface area contributed by atoms with Gasteiger partial charge in [-0.1, -0.05) is 30.3 Å². The largest absolute Gasteiger partial charge is 0.404 e. The Morgan fingerprint density at radius 1 is 1.42 bits per heavy atom. The highest BCUT2D eigenvalue weighted by Gasteiger charge is 2.21. The molecule has 1 aliphatic heterocycles. The third-order valence-electron chi connectivity index (χ3n) is 3.39. The van der Waals surface area contributed by atoms with E-state index in [4.69, 9.17) is 5.73 Å². The minimum atomic E-state index is 0.239. The molecule has 2 N–H and O–H groups in total. The fourth-order valence-electron chi connectivity index (χ4n) is 2.31. The average molecular weight is 257 g/mol. The summed E-state index contributed by atoms with van der Waals surface area (Å²) in [6, 6.07) is 10.1. The number of benzene rings is 1. The van der Waals surface area contributed by atoms with Crippen molar-refractivity contribution in [3.63, 3.8) is 0 Å². The van der Waals surface area contributed by atoms with Crippen molar-refractivity contribution >= 4 is 18.2 Å². The quantitative estimate of drug-likeness (QED) is 0.644. The second kappa shape index (κ2) is 6.73. The number of carbonyl (C=O) groups is 1. The molecule has 100 valence electrons. The molecule has 4 heteroatoms. The van der Waals surface area contributed by atoms with E-state index in [0.717, 1.165) is 36.9 Å². The molecule has 1 saturated heterocycles. The van der Waals surface area contributed by atoms with Crippen LogP contribution in [0.25, 0.3) is 5.57 Å². The van der Waals surface area contributed by atoms with E-state index in [-0.39, 0.29) is 6.04 Å². The third kappa shape index (κ3) is 3.44. The SMILES string of the molecule is N/C=C(\C=NC[C@@H]1CCCN1C=O)c1ccccc1. The van der Waals surface area contributed by atoms with E-state index in [2.05, 4.69) is 4.99 Å². The summed E-state index contributed by atoms with van der Waals surface area (Å²) in [5.74, 6) is 0. The summed E-state index contributed by atoms with van der Waals surface area (Å²) in [7, 11) is 0. The van der Waals surface area contributed by atoms with E-state index in [9.17, 15) is 4.79 Å². The van der Waals surface area contributed by atoms with Crippen molar-refractivity contribution in [3.8, 4) is 0 Å². The van der Waals surface area contributed by atoms with Crippen LogP contribution in [0.1, 0.15) is 18.4 Å². The summed E-state index contributed by atoms with van der Waals surface area (Å²) >= 11 is 0. The van der Waals surface area contributed by atoms with Gasteiger partial charge in [0.15, 0.2) is 0 Å². The first-order valence-electron chi connectivity index (χ1n) is 6.53. The van der Waals surface area contributed by atoms with E-state index < -0.39 is 0 Å². The number of likely N-dealkylation sites (tertiary alicyclic amines) is 1. The van der Waals surface area contributed by atoms with Gasteiger partial charge in [0.05, 0.1) is 12.6 Å². The van der Waals surface area contributed by atoms with Crippen LogP contribution in [-0.2, 0) is 4.79 Å². The van der Waals surface area contributed by atoms with Gasteiger partial charge in [0.2, 0.25) is 6.41 Å². The fourth-order valence-corrected chi connectivity index (χ4v) is 2.31. The van der Waals surface area contributed by atoms with Crippen LogP contribution >= 0.6 is 0 Å². The molecule has 1 heterocycles. The predicted octanol–water partition coefficient (Wildman–Crippen LogP) is 1.68. The molecular formula is C15H19N3O. The zero-order valence-electron chi connectivity index (χ0n) is 10.9. The van der Waals surface area contributed by atoms with E-state index in [1.54, 1.807) is 12.4 Å². The Balaban J connectivity index is 1.96. The van der Waals surface area contributed by atoms with Crippen LogP contribution < -0.4 is 5.73 Å². The molecule has 0 bridgehead atoms. The van der Waals surface area contributed by atoms with E-state index in [0.29, 0.717) is 6.54 Å². The van der Waals surface area contributed by atoms with Crippen molar-refractivity contribution in [1.29, 1.82) is 0 Å². The first-order chi connectivity index (χ1) is 9.35. The summed E-state index contributed by atoms with van der Waals surface area (Å²) < 4.78 is 0. The van der Waals surface area contributed by atoms with Crippen LogP contribution in [0.2, 0.25) is 0 Å². The van der Waals surface area contributed by atoms with Crippen molar-refractivity contribution in [2.45, 2.75) is 18.9 Å². The molecule has 0 aliphatic carbocycles. The van der Waals surface area contributed by atoms with Gasteiger partial charge in [0.1, 0.15) is 0 Å². The third-order valence-corrected chi connectivity index (χ3v) is 3.39. The van der Waals surface area contributed by atoms with Crippen LogP contribution in [0, 0.1) is 0 Å². The standard InChI is InChI=1S/C15H19N3O/c16-9-14(13-5-2-1-3-6-13)10-17-11-15-7-4-8-18(15)12-19/h1-3,5-6,9-10,12,15H,4,7-8,11,16H2/b14-9+,17-10?/t15-/m0/s1. The van der Waals surface area contributed by atoms with Gasteiger partial charge < -0.3 is 10.6 Å². The van der Waals surface area contributed by atoms with Crippen molar-refractivity contribution in [2.24, 2.45) is 10.7 Å². The van der Waals surface area contributed by atoms with Gasteiger partial charge in [0, 0.05) is 24.5 Å². The summed E-state index contributed by atoms with van der Waals surface area (Å²) in [5, 5.41) is 0.